The van der Waals surface area contributed by atoms with Crippen LogP contribution in [0.1, 0.15) is 12.8 Å². The average Bonchev–Trinajstić information content (AvgIpc) is 1.86. The first-order valence-electron chi connectivity index (χ1n) is 2.98. The molecule has 3 nitrogen and oxygen atoms in total. The Balaban J connectivity index is 0. The Morgan fingerprint density at radius 3 is 1.56 bits per heavy atom. The summed E-state index contributed by atoms with van der Waals surface area (Å²) in [7, 11) is 0. The van der Waals surface area contributed by atoms with Gasteiger partial charge in [0, 0.05) is 0 Å². The second kappa shape index (κ2) is 15.7. The molecule has 0 heterocycles. The van der Waals surface area contributed by atoms with E-state index in [1.807, 2.05) is 0 Å². The lowest BCUT2D eigenvalue weighted by Crippen LogP contribution is -2.03. The van der Waals surface area contributed by atoms with Crippen molar-refractivity contribution < 1.29 is 5.11 Å². The molecule has 0 radical (unpaired) electrons. The van der Waals surface area contributed by atoms with Crippen LogP contribution in [0.5, 0.6) is 0 Å². The van der Waals surface area contributed by atoms with Crippen LogP contribution in [0.3, 0.4) is 0 Å². The fraction of sp³-hybridized carbons (Fsp3) is 0.667. The van der Waals surface area contributed by atoms with E-state index in [2.05, 4.69) is 6.58 Å². The first-order chi connectivity index (χ1) is 4.33. The molecule has 3 heteroatoms. The van der Waals surface area contributed by atoms with E-state index in [-0.39, 0.29) is 0 Å². The van der Waals surface area contributed by atoms with E-state index < -0.39 is 0 Å². The van der Waals surface area contributed by atoms with Crippen LogP contribution < -0.4 is 11.5 Å². The third-order valence-corrected chi connectivity index (χ3v) is 0.658. The summed E-state index contributed by atoms with van der Waals surface area (Å²) in [5.41, 5.74) is 10.3. The molecule has 0 saturated heterocycles. The zero-order valence-electron chi connectivity index (χ0n) is 5.71. The lowest BCUT2D eigenvalue weighted by atomic mass is 10.3. The highest BCUT2D eigenvalue weighted by atomic mass is 16.2. The summed E-state index contributed by atoms with van der Waals surface area (Å²) in [5.74, 6) is 0. The van der Waals surface area contributed by atoms with E-state index in [0.717, 1.165) is 32.2 Å². The highest BCUT2D eigenvalue weighted by molar-refractivity contribution is 4.38. The van der Waals surface area contributed by atoms with Crippen molar-refractivity contribution in [2.75, 3.05) is 13.1 Å². The molecule has 0 aromatic rings. The molecule has 0 aliphatic carbocycles. The molecule has 5 N–H and O–H groups in total. The lowest BCUT2D eigenvalue weighted by Gasteiger charge is -1.87. The fourth-order valence-corrected chi connectivity index (χ4v) is 0.289. The predicted octanol–water partition coefficient (Wildman–Crippen LogP) is 0.372. The van der Waals surface area contributed by atoms with Gasteiger partial charge in [-0.2, -0.15) is 0 Å². The van der Waals surface area contributed by atoms with Gasteiger partial charge < -0.3 is 16.6 Å². The van der Waals surface area contributed by atoms with Gasteiger partial charge in [-0.1, -0.05) is 6.58 Å². The molecular formula is C6H16N2O. The van der Waals surface area contributed by atoms with Crippen LogP contribution in [0.2, 0.25) is 0 Å². The average molecular weight is 132 g/mol. The Morgan fingerprint density at radius 2 is 1.44 bits per heavy atom. The Morgan fingerprint density at radius 1 is 1.22 bits per heavy atom. The van der Waals surface area contributed by atoms with Gasteiger partial charge in [0.15, 0.2) is 0 Å². The van der Waals surface area contributed by atoms with Gasteiger partial charge in [-0.3, -0.25) is 0 Å². The molecule has 0 bridgehead atoms. The summed E-state index contributed by atoms with van der Waals surface area (Å²) in [4.78, 5) is 0. The Labute approximate surface area is 56.4 Å². The molecule has 0 unspecified atom stereocenters. The standard InChI is InChI=1S/C4H12N2.C2H4O/c5-3-1-2-4-6;1-2-3/h1-6H2;2-3H,1H2. The quantitative estimate of drug-likeness (QED) is 0.384. The molecule has 0 aliphatic heterocycles. The maximum atomic E-state index is 7.33. The van der Waals surface area contributed by atoms with E-state index in [1.54, 1.807) is 0 Å². The first-order valence-corrected chi connectivity index (χ1v) is 2.98. The third kappa shape index (κ3) is 36.7. The van der Waals surface area contributed by atoms with Gasteiger partial charge in [0.2, 0.25) is 0 Å². The monoisotopic (exact) mass is 132 g/mol. The van der Waals surface area contributed by atoms with Crippen molar-refractivity contribution in [1.29, 1.82) is 0 Å². The van der Waals surface area contributed by atoms with Gasteiger partial charge in [0.1, 0.15) is 0 Å². The largest absolute Gasteiger partial charge is 0.516 e. The van der Waals surface area contributed by atoms with Gasteiger partial charge >= 0.3 is 0 Å². The minimum absolute atomic E-state index is 0.750. The predicted molar refractivity (Wildman–Crippen MR) is 40.2 cm³/mol. The molecule has 0 amide bonds. The molecule has 0 saturated carbocycles. The minimum atomic E-state index is 0.750. The summed E-state index contributed by atoms with van der Waals surface area (Å²) in [6.07, 6.45) is 2.88. The van der Waals surface area contributed by atoms with Gasteiger partial charge in [0.05, 0.1) is 6.26 Å². The summed E-state index contributed by atoms with van der Waals surface area (Å²) < 4.78 is 0. The van der Waals surface area contributed by atoms with Crippen LogP contribution in [-0.4, -0.2) is 18.2 Å². The summed E-state index contributed by atoms with van der Waals surface area (Å²) in [6, 6.07) is 0. The molecule has 0 aliphatic rings. The SMILES string of the molecule is C=CO.NCCCCN. The second-order valence-corrected chi connectivity index (χ2v) is 1.47. The van der Waals surface area contributed by atoms with Crippen molar-refractivity contribution in [3.63, 3.8) is 0 Å². The zero-order chi connectivity index (χ0) is 7.54. The van der Waals surface area contributed by atoms with Crippen molar-refractivity contribution in [1.82, 2.24) is 0 Å². The van der Waals surface area contributed by atoms with Gasteiger partial charge in [-0.15, -0.1) is 0 Å². The van der Waals surface area contributed by atoms with Crippen molar-refractivity contribution in [2.24, 2.45) is 11.5 Å². The molecule has 9 heavy (non-hydrogen) atoms. The van der Waals surface area contributed by atoms with Crippen LogP contribution in [0.4, 0.5) is 0 Å². The summed E-state index contributed by atoms with van der Waals surface area (Å²) in [6.45, 7) is 4.47. The van der Waals surface area contributed by atoms with Crippen molar-refractivity contribution >= 4 is 0 Å². The number of rotatable bonds is 3. The number of nitrogens with two attached hydrogens (primary N) is 2. The highest BCUT2D eigenvalue weighted by Crippen LogP contribution is 1.77. The van der Waals surface area contributed by atoms with E-state index in [0.29, 0.717) is 0 Å². The minimum Gasteiger partial charge on any atom is -0.516 e. The molecule has 0 atom stereocenters. The molecule has 0 aromatic carbocycles. The van der Waals surface area contributed by atoms with Crippen molar-refractivity contribution in [2.45, 2.75) is 12.8 Å². The molecule has 0 aromatic heterocycles. The van der Waals surface area contributed by atoms with Gasteiger partial charge in [0.25, 0.3) is 0 Å². The molecule has 0 rings (SSSR count). The molecular weight excluding hydrogens is 116 g/mol. The number of hydrogen-bond donors (Lipinski definition) is 3. The molecule has 56 valence electrons. The Bertz CT molecular complexity index is 44.3. The fourth-order valence-electron chi connectivity index (χ4n) is 0.289. The molecule has 0 fully saturated rings. The van der Waals surface area contributed by atoms with E-state index in [9.17, 15) is 0 Å². The van der Waals surface area contributed by atoms with Crippen LogP contribution in [0.25, 0.3) is 0 Å². The maximum Gasteiger partial charge on any atom is 0.0719 e. The Hall–Kier alpha value is -0.540. The normalized spacial score (nSPS) is 7.33. The van der Waals surface area contributed by atoms with Gasteiger partial charge in [-0.05, 0) is 25.9 Å². The number of unbranched alkanes of at least 4 members (excludes halogenated alkanes) is 1. The van der Waals surface area contributed by atoms with Crippen LogP contribution in [0.15, 0.2) is 12.8 Å². The Kier molecular flexibility index (Phi) is 19.6. The third-order valence-electron chi connectivity index (χ3n) is 0.658. The smallest absolute Gasteiger partial charge is 0.0719 e. The van der Waals surface area contributed by atoms with E-state index in [4.69, 9.17) is 16.6 Å². The first kappa shape index (κ1) is 11.3. The van der Waals surface area contributed by atoms with Crippen molar-refractivity contribution in [3.05, 3.63) is 12.8 Å². The van der Waals surface area contributed by atoms with Crippen LogP contribution in [-0.2, 0) is 0 Å². The summed E-state index contributed by atoms with van der Waals surface area (Å²) >= 11 is 0. The van der Waals surface area contributed by atoms with E-state index in [1.165, 1.54) is 0 Å². The van der Waals surface area contributed by atoms with Crippen LogP contribution >= 0.6 is 0 Å². The zero-order valence-corrected chi connectivity index (χ0v) is 5.71. The van der Waals surface area contributed by atoms with Gasteiger partial charge in [-0.25, -0.2) is 0 Å². The highest BCUT2D eigenvalue weighted by Gasteiger charge is 1.75. The number of hydrogen-bond acceptors (Lipinski definition) is 3. The second-order valence-electron chi connectivity index (χ2n) is 1.47. The number of aliphatic hydroxyl groups excluding tert-OH is 1. The van der Waals surface area contributed by atoms with Crippen LogP contribution in [0, 0.1) is 0 Å². The summed E-state index contributed by atoms with van der Waals surface area (Å²) in [5, 5.41) is 7.33. The lowest BCUT2D eigenvalue weighted by molar-refractivity contribution is 0.476. The maximum absolute atomic E-state index is 7.33. The van der Waals surface area contributed by atoms with Crippen molar-refractivity contribution in [3.8, 4) is 0 Å². The number of aliphatic hydroxyl groups is 1. The topological polar surface area (TPSA) is 72.3 Å². The van der Waals surface area contributed by atoms with E-state index >= 15 is 0 Å². The molecule has 0 spiro atoms.